The predicted molar refractivity (Wildman–Crippen MR) is 72.3 cm³/mol. The number of nitrogens with one attached hydrogen (secondary N) is 1. The second-order valence-electron chi connectivity index (χ2n) is 4.01. The van der Waals surface area contributed by atoms with E-state index in [-0.39, 0.29) is 0 Å². The van der Waals surface area contributed by atoms with Gasteiger partial charge in [0.1, 0.15) is 5.75 Å². The van der Waals surface area contributed by atoms with Crippen molar-refractivity contribution in [2.75, 3.05) is 11.9 Å². The van der Waals surface area contributed by atoms with Gasteiger partial charge in [0, 0.05) is 28.9 Å². The topological polar surface area (TPSA) is 21.3 Å². The maximum Gasteiger partial charge on any atom is 0.122 e. The molecule has 0 atom stereocenters. The van der Waals surface area contributed by atoms with Gasteiger partial charge in [-0.3, -0.25) is 0 Å². The molecule has 0 fully saturated rings. The van der Waals surface area contributed by atoms with E-state index in [1.54, 1.807) is 11.3 Å². The summed E-state index contributed by atoms with van der Waals surface area (Å²) in [5.41, 5.74) is 2.43. The molecule has 17 heavy (non-hydrogen) atoms. The van der Waals surface area contributed by atoms with Crippen LogP contribution in [0.5, 0.6) is 5.75 Å². The van der Waals surface area contributed by atoms with Gasteiger partial charge in [-0.2, -0.15) is 0 Å². The van der Waals surface area contributed by atoms with Crippen molar-refractivity contribution in [2.45, 2.75) is 13.0 Å². The SMILES string of the molecule is Clc1csc(CNc2ccc3c(c2)CCO3)c1. The van der Waals surface area contributed by atoms with Crippen LogP contribution in [-0.4, -0.2) is 6.61 Å². The molecule has 1 aliphatic heterocycles. The minimum atomic E-state index is 0.805. The van der Waals surface area contributed by atoms with Crippen LogP contribution >= 0.6 is 22.9 Å². The predicted octanol–water partition coefficient (Wildman–Crippen LogP) is 3.95. The van der Waals surface area contributed by atoms with Crippen molar-refractivity contribution >= 4 is 28.6 Å². The van der Waals surface area contributed by atoms with Crippen LogP contribution in [0.25, 0.3) is 0 Å². The molecule has 0 spiro atoms. The normalized spacial score (nSPS) is 13.2. The van der Waals surface area contributed by atoms with Gasteiger partial charge in [0.25, 0.3) is 0 Å². The third-order valence-corrected chi connectivity index (χ3v) is 4.06. The van der Waals surface area contributed by atoms with Crippen LogP contribution in [0.3, 0.4) is 0 Å². The first-order chi connectivity index (χ1) is 8.31. The summed E-state index contributed by atoms with van der Waals surface area (Å²) in [4.78, 5) is 1.24. The average Bonchev–Trinajstić information content (AvgIpc) is 2.94. The van der Waals surface area contributed by atoms with Crippen molar-refractivity contribution in [3.63, 3.8) is 0 Å². The fourth-order valence-electron chi connectivity index (χ4n) is 1.93. The van der Waals surface area contributed by atoms with Crippen LogP contribution in [0.4, 0.5) is 5.69 Å². The summed E-state index contributed by atoms with van der Waals surface area (Å²) in [5, 5.41) is 6.17. The Morgan fingerprint density at radius 1 is 1.35 bits per heavy atom. The van der Waals surface area contributed by atoms with Crippen LogP contribution in [0, 0.1) is 0 Å². The number of anilines is 1. The minimum Gasteiger partial charge on any atom is -0.493 e. The highest BCUT2D eigenvalue weighted by Crippen LogP contribution is 2.28. The summed E-state index contributed by atoms with van der Waals surface area (Å²) in [7, 11) is 0. The maximum absolute atomic E-state index is 5.88. The van der Waals surface area contributed by atoms with E-state index < -0.39 is 0 Å². The van der Waals surface area contributed by atoms with Crippen LogP contribution in [0.1, 0.15) is 10.4 Å². The Labute approximate surface area is 109 Å². The van der Waals surface area contributed by atoms with E-state index in [0.717, 1.165) is 36.0 Å². The second-order valence-corrected chi connectivity index (χ2v) is 5.44. The Kier molecular flexibility index (Phi) is 2.95. The van der Waals surface area contributed by atoms with Crippen molar-refractivity contribution < 1.29 is 4.74 Å². The molecule has 4 heteroatoms. The molecule has 1 N–H and O–H groups in total. The van der Waals surface area contributed by atoms with Crippen molar-refractivity contribution in [1.29, 1.82) is 0 Å². The van der Waals surface area contributed by atoms with E-state index in [2.05, 4.69) is 17.4 Å². The molecule has 0 aliphatic carbocycles. The van der Waals surface area contributed by atoms with Crippen molar-refractivity contribution in [2.24, 2.45) is 0 Å². The lowest BCUT2D eigenvalue weighted by atomic mass is 10.1. The molecule has 0 amide bonds. The number of hydrogen-bond acceptors (Lipinski definition) is 3. The smallest absolute Gasteiger partial charge is 0.122 e. The molecule has 0 unspecified atom stereocenters. The molecule has 3 rings (SSSR count). The molecule has 0 saturated heterocycles. The van der Waals surface area contributed by atoms with Gasteiger partial charge >= 0.3 is 0 Å². The van der Waals surface area contributed by atoms with Gasteiger partial charge in [0.15, 0.2) is 0 Å². The van der Waals surface area contributed by atoms with Crippen LogP contribution in [0.2, 0.25) is 5.02 Å². The zero-order valence-corrected chi connectivity index (χ0v) is 10.8. The monoisotopic (exact) mass is 265 g/mol. The van der Waals surface area contributed by atoms with E-state index in [0.29, 0.717) is 0 Å². The fourth-order valence-corrected chi connectivity index (χ4v) is 2.94. The molecule has 0 bridgehead atoms. The Balaban J connectivity index is 1.69. The highest BCUT2D eigenvalue weighted by atomic mass is 35.5. The lowest BCUT2D eigenvalue weighted by molar-refractivity contribution is 0.357. The summed E-state index contributed by atoms with van der Waals surface area (Å²) >= 11 is 7.56. The number of halogens is 1. The van der Waals surface area contributed by atoms with E-state index in [9.17, 15) is 0 Å². The molecule has 2 aromatic rings. The highest BCUT2D eigenvalue weighted by molar-refractivity contribution is 7.10. The van der Waals surface area contributed by atoms with Gasteiger partial charge < -0.3 is 10.1 Å². The van der Waals surface area contributed by atoms with Gasteiger partial charge in [-0.05, 0) is 29.8 Å². The maximum atomic E-state index is 5.88. The van der Waals surface area contributed by atoms with E-state index >= 15 is 0 Å². The van der Waals surface area contributed by atoms with Crippen molar-refractivity contribution in [1.82, 2.24) is 0 Å². The molecule has 0 saturated carbocycles. The summed E-state index contributed by atoms with van der Waals surface area (Å²) < 4.78 is 5.48. The molecule has 0 radical (unpaired) electrons. The van der Waals surface area contributed by atoms with Crippen LogP contribution < -0.4 is 10.1 Å². The average molecular weight is 266 g/mol. The van der Waals surface area contributed by atoms with Crippen LogP contribution in [-0.2, 0) is 13.0 Å². The number of thiophene rings is 1. The molecule has 1 aromatic heterocycles. The fraction of sp³-hybridized carbons (Fsp3) is 0.231. The Morgan fingerprint density at radius 3 is 3.12 bits per heavy atom. The quantitative estimate of drug-likeness (QED) is 0.907. The first kappa shape index (κ1) is 10.9. The molecule has 1 aromatic carbocycles. The Hall–Kier alpha value is -1.19. The molecule has 1 aliphatic rings. The number of fused-ring (bicyclic) bond motifs is 1. The number of hydrogen-bond donors (Lipinski definition) is 1. The molecule has 88 valence electrons. The lowest BCUT2D eigenvalue weighted by Gasteiger charge is -2.06. The Bertz CT molecular complexity index is 538. The standard InChI is InChI=1S/C13H12ClNOS/c14-10-6-12(17-8-10)7-15-11-1-2-13-9(5-11)3-4-16-13/h1-2,5-6,8,15H,3-4,7H2. The highest BCUT2D eigenvalue weighted by Gasteiger charge is 2.11. The van der Waals surface area contributed by atoms with Crippen molar-refractivity contribution in [3.05, 3.63) is 45.1 Å². The molecule has 2 nitrogen and oxygen atoms in total. The first-order valence-electron chi connectivity index (χ1n) is 5.54. The van der Waals surface area contributed by atoms with Gasteiger partial charge in [-0.1, -0.05) is 11.6 Å². The number of benzene rings is 1. The van der Waals surface area contributed by atoms with Crippen LogP contribution in [0.15, 0.2) is 29.6 Å². The summed E-state index contributed by atoms with van der Waals surface area (Å²) in [6, 6.07) is 8.25. The van der Waals surface area contributed by atoms with Gasteiger partial charge in [0.05, 0.1) is 11.6 Å². The zero-order valence-electron chi connectivity index (χ0n) is 9.20. The molecular weight excluding hydrogens is 254 g/mol. The molecular formula is C13H12ClNOS. The first-order valence-corrected chi connectivity index (χ1v) is 6.79. The third-order valence-electron chi connectivity index (χ3n) is 2.78. The van der Waals surface area contributed by atoms with Gasteiger partial charge in [-0.15, -0.1) is 11.3 Å². The minimum absolute atomic E-state index is 0.805. The zero-order chi connectivity index (χ0) is 11.7. The van der Waals surface area contributed by atoms with E-state index in [1.807, 2.05) is 17.5 Å². The second kappa shape index (κ2) is 4.59. The van der Waals surface area contributed by atoms with Crippen molar-refractivity contribution in [3.8, 4) is 5.75 Å². The Morgan fingerprint density at radius 2 is 2.29 bits per heavy atom. The largest absolute Gasteiger partial charge is 0.493 e. The number of ether oxygens (including phenoxy) is 1. The molecule has 2 heterocycles. The summed E-state index contributed by atoms with van der Waals surface area (Å²) in [5.74, 6) is 1.02. The lowest BCUT2D eigenvalue weighted by Crippen LogP contribution is -1.97. The van der Waals surface area contributed by atoms with Gasteiger partial charge in [0.2, 0.25) is 0 Å². The summed E-state index contributed by atoms with van der Waals surface area (Å²) in [6.07, 6.45) is 1.01. The van der Waals surface area contributed by atoms with E-state index in [1.165, 1.54) is 10.4 Å². The van der Waals surface area contributed by atoms with E-state index in [4.69, 9.17) is 16.3 Å². The number of rotatable bonds is 3. The third kappa shape index (κ3) is 2.40. The van der Waals surface area contributed by atoms with Gasteiger partial charge in [-0.25, -0.2) is 0 Å². The summed E-state index contributed by atoms with van der Waals surface area (Å²) in [6.45, 7) is 1.62.